The second kappa shape index (κ2) is 11.9. The molecule has 0 heterocycles. The summed E-state index contributed by atoms with van der Waals surface area (Å²) in [5.74, 6) is -0.712. The number of benzene rings is 3. The standard InChI is InChI=1S/C23H25O2P.H3O4P/c24-23(25)18-10-11-19-26(20-12-4-1-5-13-20,21-14-6-2-7-15-21)22-16-8-3-9-17-22;1-5(2,3)4/h1-9,12-17,26H,10-11,18-19H2,(H,24,25);(H3,1,2,3,4). The van der Waals surface area contributed by atoms with Crippen molar-refractivity contribution >= 4 is 37.0 Å². The Hall–Kier alpha value is -2.33. The summed E-state index contributed by atoms with van der Waals surface area (Å²) in [5, 5.41) is 13.2. The van der Waals surface area contributed by atoms with E-state index < -0.39 is 21.1 Å². The maximum atomic E-state index is 10.9. The van der Waals surface area contributed by atoms with Gasteiger partial charge in [0, 0.05) is 0 Å². The maximum absolute atomic E-state index is 10.9. The van der Waals surface area contributed by atoms with Crippen molar-refractivity contribution in [3.63, 3.8) is 0 Å². The van der Waals surface area contributed by atoms with Crippen LogP contribution in [0, 0.1) is 0 Å². The largest absolute Gasteiger partial charge is 0.466 e. The predicted molar refractivity (Wildman–Crippen MR) is 127 cm³/mol. The van der Waals surface area contributed by atoms with Crippen LogP contribution in [0.5, 0.6) is 0 Å². The van der Waals surface area contributed by atoms with Crippen molar-refractivity contribution in [2.45, 2.75) is 19.3 Å². The molecule has 3 aromatic rings. The summed E-state index contributed by atoms with van der Waals surface area (Å²) >= 11 is 0. The van der Waals surface area contributed by atoms with Gasteiger partial charge in [0.1, 0.15) is 0 Å². The Labute approximate surface area is 182 Å². The fourth-order valence-corrected chi connectivity index (χ4v) is 8.70. The smallest absolute Gasteiger partial charge is 0.303 e. The molecule has 6 nitrogen and oxygen atoms in total. The molecule has 31 heavy (non-hydrogen) atoms. The van der Waals surface area contributed by atoms with Gasteiger partial charge in [0.15, 0.2) is 0 Å². The van der Waals surface area contributed by atoms with Crippen LogP contribution in [0.4, 0.5) is 0 Å². The first-order chi connectivity index (χ1) is 14.7. The third kappa shape index (κ3) is 8.02. The van der Waals surface area contributed by atoms with Crippen LogP contribution in [0.1, 0.15) is 19.3 Å². The second-order valence-electron chi connectivity index (χ2n) is 7.12. The second-order valence-corrected chi connectivity index (χ2v) is 12.2. The molecule has 166 valence electrons. The Kier molecular flexibility index (Phi) is 9.57. The van der Waals surface area contributed by atoms with E-state index in [1.807, 2.05) is 0 Å². The van der Waals surface area contributed by atoms with Crippen molar-refractivity contribution in [1.29, 1.82) is 0 Å². The zero-order valence-corrected chi connectivity index (χ0v) is 18.9. The quantitative estimate of drug-likeness (QED) is 0.302. The van der Waals surface area contributed by atoms with E-state index in [1.54, 1.807) is 0 Å². The van der Waals surface area contributed by atoms with E-state index in [0.717, 1.165) is 19.0 Å². The Morgan fingerprint density at radius 3 is 1.29 bits per heavy atom. The number of carboxylic acids is 1. The van der Waals surface area contributed by atoms with Crippen molar-refractivity contribution in [2.75, 3.05) is 6.16 Å². The molecule has 0 spiro atoms. The number of rotatable bonds is 8. The van der Waals surface area contributed by atoms with Gasteiger partial charge in [0.25, 0.3) is 0 Å². The van der Waals surface area contributed by atoms with Gasteiger partial charge in [-0.3, -0.25) is 0 Å². The van der Waals surface area contributed by atoms with E-state index in [-0.39, 0.29) is 6.42 Å². The Balaban J connectivity index is 0.000000614. The van der Waals surface area contributed by atoms with Gasteiger partial charge in [-0.1, -0.05) is 0 Å². The molecule has 8 heteroatoms. The van der Waals surface area contributed by atoms with Gasteiger partial charge >= 0.3 is 163 Å². The summed E-state index contributed by atoms with van der Waals surface area (Å²) in [6.07, 6.45) is 2.88. The molecule has 0 saturated heterocycles. The molecule has 0 amide bonds. The van der Waals surface area contributed by atoms with Crippen LogP contribution in [0.25, 0.3) is 0 Å². The first-order valence-corrected chi connectivity index (χ1v) is 13.7. The number of phosphoric acid groups is 1. The maximum Gasteiger partial charge on any atom is 0.466 e. The molecule has 0 fully saturated rings. The molecule has 0 aliphatic carbocycles. The van der Waals surface area contributed by atoms with Crippen molar-refractivity contribution in [3.05, 3.63) is 91.0 Å². The van der Waals surface area contributed by atoms with Gasteiger partial charge in [-0.15, -0.1) is 0 Å². The van der Waals surface area contributed by atoms with Crippen LogP contribution in [-0.4, -0.2) is 31.9 Å². The summed E-state index contributed by atoms with van der Waals surface area (Å²) < 4.78 is 8.88. The molecule has 0 unspecified atom stereocenters. The summed E-state index contributed by atoms with van der Waals surface area (Å²) in [6.45, 7) is 0. The molecule has 4 N–H and O–H groups in total. The molecule has 0 atom stereocenters. The van der Waals surface area contributed by atoms with E-state index in [0.29, 0.717) is 0 Å². The molecule has 3 aromatic carbocycles. The zero-order valence-electron chi connectivity index (χ0n) is 17.0. The van der Waals surface area contributed by atoms with Crippen LogP contribution in [0.3, 0.4) is 0 Å². The number of carboxylic acid groups (broad SMARTS) is 1. The van der Waals surface area contributed by atoms with Crippen molar-refractivity contribution in [3.8, 4) is 0 Å². The number of carbonyl (C=O) groups is 1. The normalized spacial score (nSPS) is 11.8. The minimum Gasteiger partial charge on any atom is -0.303 e. The molecule has 0 bridgehead atoms. The molecular weight excluding hydrogens is 434 g/mol. The molecular formula is C23H28O6P2. The molecule has 0 aliphatic heterocycles. The molecule has 0 radical (unpaired) electrons. The Morgan fingerprint density at radius 1 is 0.677 bits per heavy atom. The third-order valence-electron chi connectivity index (χ3n) is 4.99. The van der Waals surface area contributed by atoms with Gasteiger partial charge in [-0.05, 0) is 0 Å². The van der Waals surface area contributed by atoms with E-state index in [2.05, 4.69) is 91.0 Å². The molecule has 0 saturated carbocycles. The van der Waals surface area contributed by atoms with Gasteiger partial charge in [-0.25, -0.2) is 4.57 Å². The van der Waals surface area contributed by atoms with E-state index in [1.165, 1.54) is 15.9 Å². The molecule has 0 aliphatic rings. The average molecular weight is 462 g/mol. The average Bonchev–Trinajstić information content (AvgIpc) is 2.75. The summed E-state index contributed by atoms with van der Waals surface area (Å²) in [5.41, 5.74) is 0. The van der Waals surface area contributed by atoms with Crippen molar-refractivity contribution in [2.24, 2.45) is 0 Å². The molecule has 0 aromatic heterocycles. The minimum atomic E-state index is -4.64. The van der Waals surface area contributed by atoms with Crippen molar-refractivity contribution < 1.29 is 29.1 Å². The fourth-order valence-electron chi connectivity index (χ4n) is 3.77. The van der Waals surface area contributed by atoms with Crippen LogP contribution >= 0.6 is 15.1 Å². The van der Waals surface area contributed by atoms with E-state index in [4.69, 9.17) is 24.4 Å². The number of hydrogen-bond acceptors (Lipinski definition) is 2. The predicted octanol–water partition coefficient (Wildman–Crippen LogP) is 3.04. The summed E-state index contributed by atoms with van der Waals surface area (Å²) in [4.78, 5) is 32.5. The number of unbranched alkanes of at least 4 members (excludes halogenated alkanes) is 1. The van der Waals surface area contributed by atoms with Crippen LogP contribution < -0.4 is 15.9 Å². The molecule has 3 rings (SSSR count). The van der Waals surface area contributed by atoms with Crippen molar-refractivity contribution in [1.82, 2.24) is 0 Å². The van der Waals surface area contributed by atoms with E-state index in [9.17, 15) is 4.79 Å². The Bertz CT molecular complexity index is 870. The summed E-state index contributed by atoms with van der Waals surface area (Å²) in [7, 11) is -6.83. The number of aliphatic carboxylic acids is 1. The first-order valence-electron chi connectivity index (χ1n) is 9.90. The Morgan fingerprint density at radius 2 is 1.00 bits per heavy atom. The van der Waals surface area contributed by atoms with Crippen LogP contribution in [-0.2, 0) is 9.36 Å². The van der Waals surface area contributed by atoms with Gasteiger partial charge in [0.2, 0.25) is 0 Å². The van der Waals surface area contributed by atoms with Crippen LogP contribution in [0.15, 0.2) is 91.0 Å². The third-order valence-corrected chi connectivity index (χ3v) is 10.1. The van der Waals surface area contributed by atoms with E-state index >= 15 is 0 Å². The first kappa shape index (κ1) is 24.9. The monoisotopic (exact) mass is 462 g/mol. The minimum absolute atomic E-state index is 0.239. The SMILES string of the molecule is O=C(O)CCCC[PH](c1ccccc1)(c1ccccc1)c1ccccc1.O=P(O)(O)O. The van der Waals surface area contributed by atoms with Gasteiger partial charge in [0.05, 0.1) is 0 Å². The number of hydrogen-bond donors (Lipinski definition) is 4. The summed E-state index contributed by atoms with van der Waals surface area (Å²) in [6, 6.07) is 32.3. The van der Waals surface area contributed by atoms with Gasteiger partial charge < -0.3 is 14.7 Å². The zero-order chi connectivity index (χ0) is 22.7. The van der Waals surface area contributed by atoms with Gasteiger partial charge in [-0.2, -0.15) is 0 Å². The topological polar surface area (TPSA) is 115 Å². The van der Waals surface area contributed by atoms with Crippen LogP contribution in [0.2, 0.25) is 0 Å². The fraction of sp³-hybridized carbons (Fsp3) is 0.174.